The van der Waals surface area contributed by atoms with Crippen molar-refractivity contribution in [3.05, 3.63) is 32.1 Å². The van der Waals surface area contributed by atoms with Gasteiger partial charge in [-0.1, -0.05) is 34.8 Å². The van der Waals surface area contributed by atoms with Gasteiger partial charge in [-0.2, -0.15) is 5.43 Å². The van der Waals surface area contributed by atoms with E-state index < -0.39 is 6.09 Å². The molecule has 0 unspecified atom stereocenters. The van der Waals surface area contributed by atoms with E-state index in [1.165, 1.54) is 17.6 Å². The number of carbonyl (C=O) groups is 1. The van der Waals surface area contributed by atoms with Gasteiger partial charge in [0.25, 0.3) is 0 Å². The minimum Gasteiger partial charge on any atom is -0.407 e. The Kier molecular flexibility index (Phi) is 4.14. The summed E-state index contributed by atoms with van der Waals surface area (Å²) in [5.41, 5.74) is 1.53. The van der Waals surface area contributed by atoms with Crippen molar-refractivity contribution in [1.82, 2.24) is 5.43 Å². The largest absolute Gasteiger partial charge is 0.435 e. The first-order chi connectivity index (χ1) is 7.04. The van der Waals surface area contributed by atoms with Crippen molar-refractivity contribution in [2.24, 2.45) is 5.29 Å². The minimum absolute atomic E-state index is 0.0211. The lowest BCUT2D eigenvalue weighted by molar-refractivity contribution is 0.201. The number of carbonyl (C=O) groups excluding carboxylic acids is 1. The molecule has 5 nitrogen and oxygen atoms in total. The quantitative estimate of drug-likeness (QED) is 0.508. The van der Waals surface area contributed by atoms with Crippen molar-refractivity contribution in [2.75, 3.05) is 0 Å². The number of hydrogen-bond donors (Lipinski definition) is 1. The zero-order valence-corrected chi connectivity index (χ0v) is 9.23. The van der Waals surface area contributed by atoms with Crippen LogP contribution >= 0.6 is 34.8 Å². The first-order valence-corrected chi connectivity index (χ1v) is 4.62. The van der Waals surface area contributed by atoms with Crippen molar-refractivity contribution in [3.8, 4) is 5.75 Å². The molecule has 0 spiro atoms. The maximum Gasteiger partial charge on any atom is 0.435 e. The fourth-order valence-corrected chi connectivity index (χ4v) is 1.32. The lowest BCUT2D eigenvalue weighted by atomic mass is 10.3. The third-order valence-electron chi connectivity index (χ3n) is 1.31. The molecule has 0 saturated carbocycles. The first-order valence-electron chi connectivity index (χ1n) is 3.49. The van der Waals surface area contributed by atoms with E-state index in [1.807, 2.05) is 0 Å². The molecule has 15 heavy (non-hydrogen) atoms. The number of nitroso groups, excluding NO2 is 1. The molecule has 0 atom stereocenters. The molecule has 8 heteroatoms. The molecule has 0 radical (unpaired) electrons. The highest BCUT2D eigenvalue weighted by Gasteiger charge is 2.11. The average Bonchev–Trinajstić information content (AvgIpc) is 2.14. The van der Waals surface area contributed by atoms with E-state index in [0.29, 0.717) is 0 Å². The van der Waals surface area contributed by atoms with E-state index in [9.17, 15) is 9.70 Å². The zero-order valence-electron chi connectivity index (χ0n) is 6.96. The van der Waals surface area contributed by atoms with Crippen LogP contribution in [-0.4, -0.2) is 6.09 Å². The number of hydrogen-bond acceptors (Lipinski definition) is 4. The standard InChI is InChI=1S/C7H3Cl3N2O3/c8-3-1-5(10)6(2-4(3)9)15-7(13)11-12-14/h1-2H,(H,11,13,14). The van der Waals surface area contributed by atoms with Crippen LogP contribution in [0.15, 0.2) is 17.4 Å². The molecular weight excluding hydrogens is 266 g/mol. The molecule has 0 bridgehead atoms. The van der Waals surface area contributed by atoms with Gasteiger partial charge in [-0.05, 0) is 6.07 Å². The topological polar surface area (TPSA) is 67.8 Å². The maximum atomic E-state index is 10.8. The first kappa shape index (κ1) is 12.0. The summed E-state index contributed by atoms with van der Waals surface area (Å²) in [5, 5.41) is 2.61. The van der Waals surface area contributed by atoms with E-state index >= 15 is 0 Å². The van der Waals surface area contributed by atoms with Gasteiger partial charge in [-0.15, -0.1) is 4.91 Å². The predicted octanol–water partition coefficient (Wildman–Crippen LogP) is 3.42. The van der Waals surface area contributed by atoms with Crippen molar-refractivity contribution in [2.45, 2.75) is 0 Å². The van der Waals surface area contributed by atoms with Crippen molar-refractivity contribution >= 4 is 40.9 Å². The Morgan fingerprint density at radius 2 is 1.80 bits per heavy atom. The molecule has 1 N–H and O–H groups in total. The van der Waals surface area contributed by atoms with Gasteiger partial charge in [0, 0.05) is 6.07 Å². The Morgan fingerprint density at radius 1 is 1.20 bits per heavy atom. The van der Waals surface area contributed by atoms with Gasteiger partial charge in [0.15, 0.2) is 5.75 Å². The average molecular weight is 269 g/mol. The second-order valence-electron chi connectivity index (χ2n) is 2.29. The lowest BCUT2D eigenvalue weighted by Gasteiger charge is -2.05. The molecular formula is C7H3Cl3N2O3. The Bertz CT molecular complexity index is 411. The van der Waals surface area contributed by atoms with Crippen molar-refractivity contribution in [3.63, 3.8) is 0 Å². The normalized spacial score (nSPS) is 9.53. The number of rotatable bonds is 2. The van der Waals surface area contributed by atoms with Crippen LogP contribution in [0.5, 0.6) is 5.75 Å². The molecule has 80 valence electrons. The summed E-state index contributed by atoms with van der Waals surface area (Å²) in [6.45, 7) is 0. The maximum absolute atomic E-state index is 10.8. The van der Waals surface area contributed by atoms with Crippen LogP contribution in [0, 0.1) is 4.91 Å². The Hall–Kier alpha value is -1.04. The highest BCUT2D eigenvalue weighted by atomic mass is 35.5. The van der Waals surface area contributed by atoms with E-state index in [1.54, 1.807) is 0 Å². The van der Waals surface area contributed by atoms with E-state index in [-0.39, 0.29) is 20.8 Å². The lowest BCUT2D eigenvalue weighted by Crippen LogP contribution is -2.20. The monoisotopic (exact) mass is 268 g/mol. The molecule has 0 fully saturated rings. The Morgan fingerprint density at radius 3 is 2.40 bits per heavy atom. The Balaban J connectivity index is 2.90. The van der Waals surface area contributed by atoms with Crippen LogP contribution in [-0.2, 0) is 0 Å². The van der Waals surface area contributed by atoms with Crippen LogP contribution in [0.25, 0.3) is 0 Å². The number of halogens is 3. The number of amides is 1. The third kappa shape index (κ3) is 3.23. The molecule has 1 aromatic rings. The number of nitrogens with zero attached hydrogens (tertiary/aromatic N) is 1. The summed E-state index contributed by atoms with van der Waals surface area (Å²) in [5.74, 6) is -0.0211. The number of benzene rings is 1. The minimum atomic E-state index is -1.06. The van der Waals surface area contributed by atoms with Gasteiger partial charge in [-0.3, -0.25) is 0 Å². The van der Waals surface area contributed by atoms with Crippen LogP contribution in [0.2, 0.25) is 15.1 Å². The highest BCUT2D eigenvalue weighted by molar-refractivity contribution is 6.43. The summed E-state index contributed by atoms with van der Waals surface area (Å²) >= 11 is 17.0. The van der Waals surface area contributed by atoms with Crippen LogP contribution < -0.4 is 10.2 Å². The summed E-state index contributed by atoms with van der Waals surface area (Å²) < 4.78 is 4.60. The van der Waals surface area contributed by atoms with Crippen molar-refractivity contribution < 1.29 is 9.53 Å². The van der Waals surface area contributed by atoms with Gasteiger partial charge in [0.1, 0.15) is 0 Å². The number of ether oxygens (including phenoxy) is 1. The fraction of sp³-hybridized carbons (Fsp3) is 0. The summed E-state index contributed by atoms with van der Waals surface area (Å²) in [6, 6.07) is 2.55. The highest BCUT2D eigenvalue weighted by Crippen LogP contribution is 2.33. The van der Waals surface area contributed by atoms with Crippen LogP contribution in [0.3, 0.4) is 0 Å². The summed E-state index contributed by atoms with van der Waals surface area (Å²) in [7, 11) is 0. The van der Waals surface area contributed by atoms with Crippen molar-refractivity contribution in [1.29, 1.82) is 0 Å². The fourth-order valence-electron chi connectivity index (χ4n) is 0.742. The van der Waals surface area contributed by atoms with E-state index in [0.717, 1.165) is 0 Å². The van der Waals surface area contributed by atoms with Gasteiger partial charge >= 0.3 is 6.09 Å². The summed E-state index contributed by atoms with van der Waals surface area (Å²) in [6.07, 6.45) is -1.06. The second kappa shape index (κ2) is 5.16. The molecule has 1 amide bonds. The van der Waals surface area contributed by atoms with E-state index in [2.05, 4.69) is 10.0 Å². The van der Waals surface area contributed by atoms with Gasteiger partial charge in [0.05, 0.1) is 20.4 Å². The molecule has 1 rings (SSSR count). The Labute approximate surface area is 99.2 Å². The predicted molar refractivity (Wildman–Crippen MR) is 56.4 cm³/mol. The molecule has 0 aliphatic rings. The van der Waals surface area contributed by atoms with Gasteiger partial charge in [-0.25, -0.2) is 4.79 Å². The van der Waals surface area contributed by atoms with Gasteiger partial charge in [0.2, 0.25) is 0 Å². The molecule has 0 aliphatic heterocycles. The van der Waals surface area contributed by atoms with E-state index in [4.69, 9.17) is 34.8 Å². The molecule has 0 saturated heterocycles. The zero-order chi connectivity index (χ0) is 11.4. The smallest absolute Gasteiger partial charge is 0.407 e. The third-order valence-corrected chi connectivity index (χ3v) is 2.33. The molecule has 0 aliphatic carbocycles. The molecule has 0 aromatic heterocycles. The SMILES string of the molecule is O=NNC(=O)Oc1cc(Cl)c(Cl)cc1Cl. The molecule has 1 aromatic carbocycles. The van der Waals surface area contributed by atoms with Gasteiger partial charge < -0.3 is 4.74 Å². The molecule has 0 heterocycles. The van der Waals surface area contributed by atoms with Crippen LogP contribution in [0.4, 0.5) is 4.79 Å². The second-order valence-corrected chi connectivity index (χ2v) is 3.51. The van der Waals surface area contributed by atoms with Crippen LogP contribution in [0.1, 0.15) is 0 Å². The number of nitrogens with one attached hydrogen (secondary N) is 1. The summed E-state index contributed by atoms with van der Waals surface area (Å²) in [4.78, 5) is 20.5.